The number of ketones is 2. The predicted octanol–water partition coefficient (Wildman–Crippen LogP) is -0.857. The summed E-state index contributed by atoms with van der Waals surface area (Å²) in [6.45, 7) is 1.31. The van der Waals surface area contributed by atoms with E-state index in [0.717, 1.165) is 0 Å². The lowest BCUT2D eigenvalue weighted by Crippen LogP contribution is -2.37. The summed E-state index contributed by atoms with van der Waals surface area (Å²) in [4.78, 5) is 24.2. The SMILES string of the molecule is O=C1C[C@@H](n2nnn(CCn3nnn([C@H]4CC(=O)[C@H]5OC[C@H]4O5)c3=S)c2=S)[C@H]2CO[C@H]1O2. The molecule has 6 atom stereocenters. The zero-order valence-electron chi connectivity index (χ0n) is 16.6. The first-order valence-electron chi connectivity index (χ1n) is 10.1. The Morgan fingerprint density at radius 1 is 0.750 bits per heavy atom. The number of fused-ring (bicyclic) bond motifs is 4. The van der Waals surface area contributed by atoms with Gasteiger partial charge in [0.05, 0.1) is 38.4 Å². The van der Waals surface area contributed by atoms with E-state index in [-0.39, 0.29) is 48.7 Å². The van der Waals surface area contributed by atoms with Gasteiger partial charge in [0.25, 0.3) is 0 Å². The molecule has 4 saturated heterocycles. The van der Waals surface area contributed by atoms with E-state index >= 15 is 0 Å². The molecule has 0 saturated carbocycles. The van der Waals surface area contributed by atoms with Gasteiger partial charge in [0.15, 0.2) is 11.6 Å². The minimum absolute atomic E-state index is 0.132. The van der Waals surface area contributed by atoms with Crippen LogP contribution >= 0.6 is 24.4 Å². The van der Waals surface area contributed by atoms with E-state index in [4.69, 9.17) is 43.4 Å². The Kier molecular flexibility index (Phi) is 4.88. The molecule has 4 bridgehead atoms. The number of carbonyl (C=O) groups is 2. The number of tetrazole rings is 2. The van der Waals surface area contributed by atoms with E-state index in [1.54, 1.807) is 0 Å². The molecular formula is C16H18N8O6S2. The summed E-state index contributed by atoms with van der Waals surface area (Å²) in [5, 5.41) is 16.5. The van der Waals surface area contributed by atoms with E-state index < -0.39 is 12.6 Å². The van der Waals surface area contributed by atoms with Crippen molar-refractivity contribution >= 4 is 36.0 Å². The van der Waals surface area contributed by atoms with Crippen LogP contribution in [0.3, 0.4) is 0 Å². The minimum atomic E-state index is -0.781. The molecule has 170 valence electrons. The van der Waals surface area contributed by atoms with Gasteiger partial charge < -0.3 is 18.9 Å². The van der Waals surface area contributed by atoms with Gasteiger partial charge in [-0.3, -0.25) is 9.59 Å². The second kappa shape index (κ2) is 7.67. The lowest BCUT2D eigenvalue weighted by molar-refractivity contribution is -0.156. The third kappa shape index (κ3) is 3.20. The van der Waals surface area contributed by atoms with Crippen molar-refractivity contribution in [2.45, 2.75) is 62.8 Å². The van der Waals surface area contributed by atoms with Crippen molar-refractivity contribution in [1.29, 1.82) is 0 Å². The number of nitrogens with zero attached hydrogens (tertiary/aromatic N) is 8. The van der Waals surface area contributed by atoms with Crippen LogP contribution in [0.4, 0.5) is 0 Å². The largest absolute Gasteiger partial charge is 0.343 e. The van der Waals surface area contributed by atoms with Crippen molar-refractivity contribution in [2.24, 2.45) is 0 Å². The molecule has 0 unspecified atom stereocenters. The highest BCUT2D eigenvalue weighted by Gasteiger charge is 2.46. The molecule has 2 aromatic heterocycles. The molecule has 0 radical (unpaired) electrons. The quantitative estimate of drug-likeness (QED) is 0.490. The molecule has 0 N–H and O–H groups in total. The third-order valence-corrected chi connectivity index (χ3v) is 6.89. The van der Waals surface area contributed by atoms with Gasteiger partial charge in [-0.2, -0.15) is 0 Å². The Hall–Kier alpha value is -2.24. The van der Waals surface area contributed by atoms with Crippen molar-refractivity contribution in [3.8, 4) is 0 Å². The number of hydrogen-bond acceptors (Lipinski definition) is 12. The summed E-state index contributed by atoms with van der Waals surface area (Å²) in [7, 11) is 0. The van der Waals surface area contributed by atoms with Gasteiger partial charge >= 0.3 is 0 Å². The van der Waals surface area contributed by atoms with Crippen LogP contribution in [0.15, 0.2) is 0 Å². The molecule has 6 rings (SSSR count). The standard InChI is InChI=1S/C16H18N8O6S2/c25-9-3-7(11-5-27-13(9)29-11)23-15(31)21(17-19-23)1-2-22-16(32)24(20-18-22)8-4-10(26)14-28-6-12(8)30-14/h7-8,11-14H,1-6H2/t7-,8+,11-,12-,13+,14+/m1/s1. The van der Waals surface area contributed by atoms with Gasteiger partial charge in [-0.05, 0) is 45.3 Å². The second-order valence-corrected chi connectivity index (χ2v) is 8.74. The molecule has 0 spiro atoms. The van der Waals surface area contributed by atoms with Crippen LogP contribution in [0, 0.1) is 9.54 Å². The highest BCUT2D eigenvalue weighted by atomic mass is 32.1. The maximum Gasteiger partial charge on any atom is 0.218 e. The highest BCUT2D eigenvalue weighted by Crippen LogP contribution is 2.33. The molecule has 4 aliphatic rings. The average molecular weight is 483 g/mol. The maximum atomic E-state index is 12.1. The number of Topliss-reactive ketones (excluding diaryl/α,β-unsaturated/α-hetero) is 2. The van der Waals surface area contributed by atoms with E-state index in [2.05, 4.69) is 20.9 Å². The van der Waals surface area contributed by atoms with Gasteiger partial charge in [-0.25, -0.2) is 18.7 Å². The Bertz CT molecular complexity index is 1110. The molecule has 0 amide bonds. The topological polar surface area (TPSA) is 142 Å². The van der Waals surface area contributed by atoms with Gasteiger partial charge in [-0.1, -0.05) is 0 Å². The first kappa shape index (κ1) is 20.4. The molecule has 32 heavy (non-hydrogen) atoms. The molecule has 4 fully saturated rings. The number of hydrogen-bond donors (Lipinski definition) is 0. The summed E-state index contributed by atoms with van der Waals surface area (Å²) in [6.07, 6.45) is -1.68. The van der Waals surface area contributed by atoms with Gasteiger partial charge in [0.1, 0.15) is 12.2 Å². The number of aromatic nitrogens is 8. The average Bonchev–Trinajstić information content (AvgIpc) is 3.55. The Morgan fingerprint density at radius 3 is 1.62 bits per heavy atom. The third-order valence-electron chi connectivity index (χ3n) is 6.10. The van der Waals surface area contributed by atoms with Crippen LogP contribution in [0.5, 0.6) is 0 Å². The van der Waals surface area contributed by atoms with Crippen molar-refractivity contribution in [1.82, 2.24) is 39.6 Å². The number of ether oxygens (including phenoxy) is 4. The second-order valence-electron chi connectivity index (χ2n) is 8.01. The van der Waals surface area contributed by atoms with Crippen LogP contribution in [-0.4, -0.2) is 89.1 Å². The van der Waals surface area contributed by atoms with Crippen molar-refractivity contribution in [3.63, 3.8) is 0 Å². The smallest absolute Gasteiger partial charge is 0.218 e. The zero-order chi connectivity index (χ0) is 22.0. The van der Waals surface area contributed by atoms with E-state index in [1.807, 2.05) is 0 Å². The summed E-state index contributed by atoms with van der Waals surface area (Å²) in [5.74, 6) is -0.264. The fraction of sp³-hybridized carbons (Fsp3) is 0.750. The van der Waals surface area contributed by atoms with Crippen molar-refractivity contribution in [3.05, 3.63) is 9.54 Å². The Morgan fingerprint density at radius 2 is 1.19 bits per heavy atom. The summed E-state index contributed by atoms with van der Waals surface area (Å²) in [6, 6.07) is -0.710. The number of aryl methyl sites for hydroxylation is 2. The van der Waals surface area contributed by atoms with E-state index in [0.29, 0.717) is 35.8 Å². The van der Waals surface area contributed by atoms with Crippen LogP contribution in [0.2, 0.25) is 0 Å². The molecule has 14 nitrogen and oxygen atoms in total. The van der Waals surface area contributed by atoms with Crippen LogP contribution in [0.1, 0.15) is 24.9 Å². The lowest BCUT2D eigenvalue weighted by atomic mass is 10.0. The first-order chi connectivity index (χ1) is 15.5. The molecular weight excluding hydrogens is 464 g/mol. The first-order valence-corrected chi connectivity index (χ1v) is 11.0. The number of rotatable bonds is 5. The minimum Gasteiger partial charge on any atom is -0.343 e. The molecule has 6 heterocycles. The highest BCUT2D eigenvalue weighted by molar-refractivity contribution is 7.71. The normalized spacial score (nSPS) is 33.9. The van der Waals surface area contributed by atoms with Gasteiger partial charge in [0, 0.05) is 12.8 Å². The molecule has 16 heteroatoms. The van der Waals surface area contributed by atoms with E-state index in [1.165, 1.54) is 18.7 Å². The van der Waals surface area contributed by atoms with Crippen LogP contribution in [-0.2, 0) is 41.6 Å². The van der Waals surface area contributed by atoms with Crippen molar-refractivity contribution < 1.29 is 28.5 Å². The maximum absolute atomic E-state index is 12.1. The van der Waals surface area contributed by atoms with E-state index in [9.17, 15) is 9.59 Å². The Balaban J connectivity index is 1.17. The fourth-order valence-electron chi connectivity index (χ4n) is 4.39. The molecule has 2 aromatic rings. The molecule has 4 aliphatic heterocycles. The fourth-order valence-corrected chi connectivity index (χ4v) is 4.99. The van der Waals surface area contributed by atoms with Crippen molar-refractivity contribution in [2.75, 3.05) is 13.2 Å². The van der Waals surface area contributed by atoms with Gasteiger partial charge in [0.2, 0.25) is 22.1 Å². The summed E-state index contributed by atoms with van der Waals surface area (Å²) < 4.78 is 28.7. The lowest BCUT2D eigenvalue weighted by Gasteiger charge is -2.25. The predicted molar refractivity (Wildman–Crippen MR) is 104 cm³/mol. The van der Waals surface area contributed by atoms with Gasteiger partial charge in [-0.15, -0.1) is 0 Å². The molecule has 0 aromatic carbocycles. The number of carbonyl (C=O) groups excluding carboxylic acids is 2. The summed E-state index contributed by atoms with van der Waals surface area (Å²) in [5.41, 5.74) is 0. The zero-order valence-corrected chi connectivity index (χ0v) is 18.2. The summed E-state index contributed by atoms with van der Waals surface area (Å²) >= 11 is 11.0. The van der Waals surface area contributed by atoms with Crippen LogP contribution < -0.4 is 0 Å². The van der Waals surface area contributed by atoms with Crippen LogP contribution in [0.25, 0.3) is 0 Å². The Labute approximate surface area is 189 Å². The monoisotopic (exact) mass is 482 g/mol. The molecule has 0 aliphatic carbocycles.